The average Bonchev–Trinajstić information content (AvgIpc) is 2.68. The predicted octanol–water partition coefficient (Wildman–Crippen LogP) is 4.28. The minimum absolute atomic E-state index is 0.279. The molecule has 1 aliphatic heterocycles. The Kier molecular flexibility index (Phi) is 4.18. The van der Waals surface area contributed by atoms with Crippen molar-refractivity contribution in [2.24, 2.45) is 0 Å². The number of hydrogen-bond acceptors (Lipinski definition) is 2. The summed E-state index contributed by atoms with van der Waals surface area (Å²) in [5.74, 6) is 0. The largest absolute Gasteiger partial charge is 0.381 e. The van der Waals surface area contributed by atoms with Crippen LogP contribution in [0.25, 0.3) is 0 Å². The normalized spacial score (nSPS) is 24.0. The van der Waals surface area contributed by atoms with Gasteiger partial charge in [0.15, 0.2) is 0 Å². The summed E-state index contributed by atoms with van der Waals surface area (Å²) < 4.78 is 5.74. The first-order chi connectivity index (χ1) is 8.06. The van der Waals surface area contributed by atoms with Gasteiger partial charge in [-0.05, 0) is 44.4 Å². The maximum Gasteiger partial charge on any atom is 0.0751 e. The van der Waals surface area contributed by atoms with Crippen molar-refractivity contribution in [2.75, 3.05) is 11.9 Å². The molecule has 2 rings (SSSR count). The number of rotatable bonds is 3. The van der Waals surface area contributed by atoms with Crippen molar-refractivity contribution in [2.45, 2.75) is 38.9 Å². The summed E-state index contributed by atoms with van der Waals surface area (Å²) in [7, 11) is 0. The number of ether oxygens (including phenoxy) is 1. The van der Waals surface area contributed by atoms with Gasteiger partial charge in [-0.15, -0.1) is 0 Å². The molecule has 0 spiro atoms. The van der Waals surface area contributed by atoms with E-state index in [9.17, 15) is 0 Å². The number of nitrogens with one attached hydrogen (secondary N) is 1. The lowest BCUT2D eigenvalue weighted by atomic mass is 10.2. The molecule has 0 aromatic heterocycles. The number of hydrogen-bond donors (Lipinski definition) is 1. The topological polar surface area (TPSA) is 21.3 Å². The van der Waals surface area contributed by atoms with Crippen LogP contribution in [0.5, 0.6) is 0 Å². The smallest absolute Gasteiger partial charge is 0.0751 e. The van der Waals surface area contributed by atoms with E-state index >= 15 is 0 Å². The molecule has 2 unspecified atom stereocenters. The van der Waals surface area contributed by atoms with Crippen molar-refractivity contribution >= 4 is 28.9 Å². The molecule has 1 aromatic carbocycles. The summed E-state index contributed by atoms with van der Waals surface area (Å²) in [6.45, 7) is 4.83. The lowest BCUT2D eigenvalue weighted by Gasteiger charge is -2.15. The van der Waals surface area contributed by atoms with E-state index in [0.717, 1.165) is 35.7 Å². The Morgan fingerprint density at radius 2 is 2.06 bits per heavy atom. The molecule has 17 heavy (non-hydrogen) atoms. The monoisotopic (exact) mass is 273 g/mol. The Labute approximate surface area is 112 Å². The van der Waals surface area contributed by atoms with Gasteiger partial charge in [-0.25, -0.2) is 0 Å². The molecule has 0 aliphatic carbocycles. The first-order valence-electron chi connectivity index (χ1n) is 5.91. The van der Waals surface area contributed by atoms with Gasteiger partial charge in [0.25, 0.3) is 0 Å². The van der Waals surface area contributed by atoms with Crippen LogP contribution in [0.2, 0.25) is 10.0 Å². The molecule has 1 heterocycles. The van der Waals surface area contributed by atoms with Crippen LogP contribution in [0.3, 0.4) is 0 Å². The quantitative estimate of drug-likeness (QED) is 0.888. The fourth-order valence-corrected chi connectivity index (χ4v) is 2.49. The Morgan fingerprint density at radius 3 is 2.71 bits per heavy atom. The summed E-state index contributed by atoms with van der Waals surface area (Å²) in [5.41, 5.74) is 1.87. The highest BCUT2D eigenvalue weighted by Gasteiger charge is 2.21. The Hall–Kier alpha value is -0.440. The van der Waals surface area contributed by atoms with Crippen molar-refractivity contribution < 1.29 is 4.74 Å². The highest BCUT2D eigenvalue weighted by atomic mass is 35.5. The molecule has 94 valence electrons. The van der Waals surface area contributed by atoms with Gasteiger partial charge in [-0.1, -0.05) is 23.2 Å². The molecule has 0 bridgehead atoms. The second kappa shape index (κ2) is 5.47. The fourth-order valence-electron chi connectivity index (χ4n) is 2.04. The summed E-state index contributed by atoms with van der Waals surface area (Å²) >= 11 is 12.2. The van der Waals surface area contributed by atoms with Crippen LogP contribution in [0.1, 0.15) is 25.3 Å². The van der Waals surface area contributed by atoms with Gasteiger partial charge in [-0.2, -0.15) is 0 Å². The molecular formula is C13H17Cl2NO. The molecule has 4 heteroatoms. The zero-order valence-electron chi connectivity index (χ0n) is 10.1. The molecule has 0 radical (unpaired) electrons. The highest BCUT2D eigenvalue weighted by molar-refractivity contribution is 6.35. The minimum Gasteiger partial charge on any atom is -0.381 e. The van der Waals surface area contributed by atoms with E-state index in [0.29, 0.717) is 11.1 Å². The van der Waals surface area contributed by atoms with Gasteiger partial charge in [-0.3, -0.25) is 0 Å². The second-order valence-corrected chi connectivity index (χ2v) is 5.42. The van der Waals surface area contributed by atoms with Gasteiger partial charge < -0.3 is 10.1 Å². The van der Waals surface area contributed by atoms with Gasteiger partial charge in [0.2, 0.25) is 0 Å². The number of aryl methyl sites for hydroxylation is 1. The molecule has 1 N–H and O–H groups in total. The molecule has 2 nitrogen and oxygen atoms in total. The highest BCUT2D eigenvalue weighted by Crippen LogP contribution is 2.29. The zero-order valence-corrected chi connectivity index (χ0v) is 11.6. The van der Waals surface area contributed by atoms with E-state index in [-0.39, 0.29) is 6.10 Å². The van der Waals surface area contributed by atoms with Crippen molar-refractivity contribution in [1.82, 2.24) is 0 Å². The van der Waals surface area contributed by atoms with E-state index in [2.05, 4.69) is 12.2 Å². The standard InChI is InChI=1S/C13H17Cl2NO/c1-8-5-12(15)13(6-11(8)14)16-7-10-4-3-9(2)17-10/h5-6,9-10,16H,3-4,7H2,1-2H3. The van der Waals surface area contributed by atoms with Gasteiger partial charge in [0, 0.05) is 11.6 Å². The molecule has 1 fully saturated rings. The summed E-state index contributed by atoms with van der Waals surface area (Å²) in [5, 5.41) is 4.74. The Morgan fingerprint density at radius 1 is 1.29 bits per heavy atom. The van der Waals surface area contributed by atoms with Crippen LogP contribution in [-0.2, 0) is 4.74 Å². The zero-order chi connectivity index (χ0) is 12.4. The van der Waals surface area contributed by atoms with Crippen molar-refractivity contribution in [3.8, 4) is 0 Å². The van der Waals surface area contributed by atoms with Crippen molar-refractivity contribution in [3.63, 3.8) is 0 Å². The number of benzene rings is 1. The van der Waals surface area contributed by atoms with Crippen LogP contribution < -0.4 is 5.32 Å². The van der Waals surface area contributed by atoms with Crippen LogP contribution in [0.15, 0.2) is 12.1 Å². The third kappa shape index (κ3) is 3.27. The summed E-state index contributed by atoms with van der Waals surface area (Å²) in [6, 6.07) is 3.75. The summed E-state index contributed by atoms with van der Waals surface area (Å²) in [4.78, 5) is 0. The van der Waals surface area contributed by atoms with Crippen LogP contribution in [-0.4, -0.2) is 18.8 Å². The predicted molar refractivity (Wildman–Crippen MR) is 73.3 cm³/mol. The Balaban J connectivity index is 1.97. The number of anilines is 1. The lowest BCUT2D eigenvalue weighted by Crippen LogP contribution is -2.19. The minimum atomic E-state index is 0.279. The molecule has 0 amide bonds. The molecule has 1 aliphatic rings. The lowest BCUT2D eigenvalue weighted by molar-refractivity contribution is 0.0637. The van der Waals surface area contributed by atoms with E-state index in [4.69, 9.17) is 27.9 Å². The average molecular weight is 274 g/mol. The first-order valence-corrected chi connectivity index (χ1v) is 6.67. The van der Waals surface area contributed by atoms with E-state index in [1.807, 2.05) is 19.1 Å². The van der Waals surface area contributed by atoms with E-state index < -0.39 is 0 Å². The number of halogens is 2. The molecule has 2 atom stereocenters. The second-order valence-electron chi connectivity index (χ2n) is 4.61. The van der Waals surface area contributed by atoms with Gasteiger partial charge in [0.1, 0.15) is 0 Å². The van der Waals surface area contributed by atoms with Crippen LogP contribution >= 0.6 is 23.2 Å². The summed E-state index contributed by atoms with van der Waals surface area (Å²) in [6.07, 6.45) is 2.89. The fraction of sp³-hybridized carbons (Fsp3) is 0.538. The third-order valence-corrected chi connectivity index (χ3v) is 3.81. The third-order valence-electron chi connectivity index (χ3n) is 3.09. The maximum atomic E-state index is 6.15. The first kappa shape index (κ1) is 13.0. The van der Waals surface area contributed by atoms with Crippen LogP contribution in [0.4, 0.5) is 5.69 Å². The molecule has 1 aromatic rings. The molecule has 1 saturated heterocycles. The van der Waals surface area contributed by atoms with Gasteiger partial charge in [0.05, 0.1) is 22.9 Å². The van der Waals surface area contributed by atoms with Crippen LogP contribution in [0, 0.1) is 6.92 Å². The van der Waals surface area contributed by atoms with Crippen molar-refractivity contribution in [1.29, 1.82) is 0 Å². The Bertz CT molecular complexity index is 409. The maximum absolute atomic E-state index is 6.15. The van der Waals surface area contributed by atoms with Crippen molar-refractivity contribution in [3.05, 3.63) is 27.7 Å². The molecular weight excluding hydrogens is 257 g/mol. The van der Waals surface area contributed by atoms with E-state index in [1.54, 1.807) is 0 Å². The molecule has 0 saturated carbocycles. The SMILES string of the molecule is Cc1cc(Cl)c(NCC2CCC(C)O2)cc1Cl. The van der Waals surface area contributed by atoms with E-state index in [1.165, 1.54) is 0 Å². The van der Waals surface area contributed by atoms with Gasteiger partial charge >= 0.3 is 0 Å².